The van der Waals surface area contributed by atoms with Crippen molar-refractivity contribution in [3.63, 3.8) is 0 Å². The highest BCUT2D eigenvalue weighted by Gasteiger charge is 2.37. The van der Waals surface area contributed by atoms with Gasteiger partial charge in [-0.1, -0.05) is 6.07 Å². The van der Waals surface area contributed by atoms with Crippen molar-refractivity contribution in [2.45, 2.75) is 18.3 Å². The molecule has 2 unspecified atom stereocenters. The van der Waals surface area contributed by atoms with Gasteiger partial charge in [-0.2, -0.15) is 13.2 Å². The minimum atomic E-state index is -4.67. The maximum atomic E-state index is 13.7. The molecule has 21 heavy (non-hydrogen) atoms. The zero-order chi connectivity index (χ0) is 15.2. The number of halogens is 4. The molecule has 2 N–H and O–H groups in total. The quantitative estimate of drug-likeness (QED) is 0.846. The van der Waals surface area contributed by atoms with Crippen LogP contribution < -0.4 is 5.73 Å². The smallest absolute Gasteiger partial charge is 0.323 e. The van der Waals surface area contributed by atoms with Crippen LogP contribution in [-0.2, 0) is 6.18 Å². The van der Waals surface area contributed by atoms with E-state index in [9.17, 15) is 17.6 Å². The molecule has 0 aromatic heterocycles. The molecular formula is C14H17F4N3. The number of nitrogens with zero attached hydrogens (tertiary/aromatic N) is 2. The summed E-state index contributed by atoms with van der Waals surface area (Å²) in [7, 11) is 0. The summed E-state index contributed by atoms with van der Waals surface area (Å²) < 4.78 is 51.4. The molecule has 2 bridgehead atoms. The third kappa shape index (κ3) is 2.77. The van der Waals surface area contributed by atoms with Crippen LogP contribution in [0.15, 0.2) is 18.2 Å². The molecule has 1 aromatic rings. The normalized spacial score (nSPS) is 30.4. The molecule has 3 saturated heterocycles. The first kappa shape index (κ1) is 14.7. The second-order valence-corrected chi connectivity index (χ2v) is 5.67. The molecule has 0 amide bonds. The van der Waals surface area contributed by atoms with Crippen LogP contribution in [0.3, 0.4) is 0 Å². The van der Waals surface area contributed by atoms with Gasteiger partial charge in [0.2, 0.25) is 0 Å². The Morgan fingerprint density at radius 2 is 1.81 bits per heavy atom. The Morgan fingerprint density at radius 3 is 2.29 bits per heavy atom. The van der Waals surface area contributed by atoms with Crippen molar-refractivity contribution in [2.75, 3.05) is 32.7 Å². The van der Waals surface area contributed by atoms with E-state index in [-0.39, 0.29) is 6.04 Å². The molecule has 2 atom stereocenters. The van der Waals surface area contributed by atoms with Gasteiger partial charge in [0.05, 0.1) is 5.56 Å². The van der Waals surface area contributed by atoms with Crippen LogP contribution in [0, 0.1) is 5.82 Å². The van der Waals surface area contributed by atoms with Gasteiger partial charge in [0.1, 0.15) is 5.82 Å². The number of alkyl halides is 3. The molecule has 3 aliphatic rings. The summed E-state index contributed by atoms with van der Waals surface area (Å²) in [5.74, 6) is -1.26. The second-order valence-electron chi connectivity index (χ2n) is 5.67. The number of piperazine rings is 3. The molecule has 1 aromatic carbocycles. The van der Waals surface area contributed by atoms with Gasteiger partial charge in [-0.3, -0.25) is 9.80 Å². The van der Waals surface area contributed by atoms with Gasteiger partial charge in [0.25, 0.3) is 0 Å². The Morgan fingerprint density at radius 1 is 1.14 bits per heavy atom. The van der Waals surface area contributed by atoms with Gasteiger partial charge in [-0.05, 0) is 17.7 Å². The van der Waals surface area contributed by atoms with Crippen molar-refractivity contribution in [3.8, 4) is 0 Å². The van der Waals surface area contributed by atoms with E-state index in [0.29, 0.717) is 5.56 Å². The summed E-state index contributed by atoms with van der Waals surface area (Å²) >= 11 is 0. The van der Waals surface area contributed by atoms with Crippen molar-refractivity contribution >= 4 is 0 Å². The number of fused-ring (bicyclic) bond motifs is 3. The van der Waals surface area contributed by atoms with Crippen LogP contribution in [0.4, 0.5) is 17.6 Å². The molecule has 3 aliphatic heterocycles. The maximum absolute atomic E-state index is 13.7. The number of benzene rings is 1. The lowest BCUT2D eigenvalue weighted by molar-refractivity contribution is -0.140. The van der Waals surface area contributed by atoms with Gasteiger partial charge < -0.3 is 5.73 Å². The van der Waals surface area contributed by atoms with Crippen LogP contribution >= 0.6 is 0 Å². The summed E-state index contributed by atoms with van der Waals surface area (Å²) in [5, 5.41) is 0. The van der Waals surface area contributed by atoms with Gasteiger partial charge >= 0.3 is 6.18 Å². The number of hydrogen-bond donors (Lipinski definition) is 1. The standard InChI is InChI=1S/C14H17F4N3/c15-11-7-9(1-2-10(11)14(16,17)18)13(19)12-8-20-3-5-21(12)6-4-20/h1-2,7,12-13H,3-6,8,19H2. The molecule has 3 nitrogen and oxygen atoms in total. The summed E-state index contributed by atoms with van der Waals surface area (Å²) in [6.07, 6.45) is -4.67. The van der Waals surface area contributed by atoms with Crippen molar-refractivity contribution in [3.05, 3.63) is 35.1 Å². The molecule has 0 saturated carbocycles. The summed E-state index contributed by atoms with van der Waals surface area (Å²) in [6, 6.07) is 2.54. The van der Waals surface area contributed by atoms with Gasteiger partial charge in [-0.15, -0.1) is 0 Å². The first-order valence-electron chi connectivity index (χ1n) is 6.95. The number of nitrogens with two attached hydrogens (primary N) is 1. The van der Waals surface area contributed by atoms with Gasteiger partial charge in [-0.25, -0.2) is 4.39 Å². The highest BCUT2D eigenvalue weighted by atomic mass is 19.4. The summed E-state index contributed by atoms with van der Waals surface area (Å²) in [5.41, 5.74) is 5.34. The van der Waals surface area contributed by atoms with E-state index in [4.69, 9.17) is 5.73 Å². The topological polar surface area (TPSA) is 32.5 Å². The summed E-state index contributed by atoms with van der Waals surface area (Å²) in [6.45, 7) is 4.57. The van der Waals surface area contributed by atoms with E-state index in [2.05, 4.69) is 9.80 Å². The molecule has 0 aliphatic carbocycles. The molecule has 116 valence electrons. The molecule has 0 spiro atoms. The fourth-order valence-corrected chi connectivity index (χ4v) is 3.19. The van der Waals surface area contributed by atoms with Gasteiger partial charge in [0.15, 0.2) is 0 Å². The number of rotatable bonds is 2. The number of hydrogen-bond acceptors (Lipinski definition) is 3. The lowest BCUT2D eigenvalue weighted by Gasteiger charge is -2.49. The van der Waals surface area contributed by atoms with E-state index in [1.54, 1.807) is 0 Å². The Kier molecular flexibility index (Phi) is 3.67. The third-order valence-electron chi connectivity index (χ3n) is 4.42. The van der Waals surface area contributed by atoms with Gasteiger partial charge in [0, 0.05) is 44.8 Å². The molecule has 0 radical (unpaired) electrons. The van der Waals surface area contributed by atoms with E-state index >= 15 is 0 Å². The summed E-state index contributed by atoms with van der Waals surface area (Å²) in [4.78, 5) is 4.52. The van der Waals surface area contributed by atoms with E-state index < -0.39 is 23.6 Å². The average Bonchev–Trinajstić information content (AvgIpc) is 2.46. The average molecular weight is 303 g/mol. The van der Waals surface area contributed by atoms with E-state index in [1.807, 2.05) is 0 Å². The fraction of sp³-hybridized carbons (Fsp3) is 0.571. The lowest BCUT2D eigenvalue weighted by Crippen LogP contribution is -2.63. The Hall–Kier alpha value is -1.18. The fourth-order valence-electron chi connectivity index (χ4n) is 3.19. The Labute approximate surface area is 120 Å². The van der Waals surface area contributed by atoms with Crippen LogP contribution in [0.2, 0.25) is 0 Å². The Bertz CT molecular complexity index is 523. The monoisotopic (exact) mass is 303 g/mol. The van der Waals surface area contributed by atoms with Crippen LogP contribution in [0.5, 0.6) is 0 Å². The van der Waals surface area contributed by atoms with Crippen LogP contribution in [0.25, 0.3) is 0 Å². The molecule has 3 heterocycles. The van der Waals surface area contributed by atoms with Crippen LogP contribution in [0.1, 0.15) is 17.2 Å². The van der Waals surface area contributed by atoms with Crippen molar-refractivity contribution < 1.29 is 17.6 Å². The SMILES string of the molecule is NC(c1ccc(C(F)(F)F)c(F)c1)C1CN2CCN1CC2. The van der Waals surface area contributed by atoms with E-state index in [1.165, 1.54) is 6.07 Å². The first-order chi connectivity index (χ1) is 9.86. The minimum absolute atomic E-state index is 0.0311. The van der Waals surface area contributed by atoms with Crippen molar-refractivity contribution in [1.82, 2.24) is 9.80 Å². The first-order valence-corrected chi connectivity index (χ1v) is 6.95. The highest BCUT2D eigenvalue weighted by molar-refractivity contribution is 5.29. The zero-order valence-electron chi connectivity index (χ0n) is 11.4. The highest BCUT2D eigenvalue weighted by Crippen LogP contribution is 2.33. The third-order valence-corrected chi connectivity index (χ3v) is 4.42. The maximum Gasteiger partial charge on any atom is 0.419 e. The zero-order valence-corrected chi connectivity index (χ0v) is 11.4. The van der Waals surface area contributed by atoms with Crippen molar-refractivity contribution in [2.24, 2.45) is 5.73 Å². The molecule has 3 fully saturated rings. The molecular weight excluding hydrogens is 286 g/mol. The lowest BCUT2D eigenvalue weighted by atomic mass is 9.94. The minimum Gasteiger partial charge on any atom is -0.323 e. The predicted octanol–water partition coefficient (Wildman–Crippen LogP) is 1.84. The van der Waals surface area contributed by atoms with Crippen molar-refractivity contribution in [1.29, 1.82) is 0 Å². The molecule has 7 heteroatoms. The molecule has 4 rings (SSSR count). The second kappa shape index (κ2) is 5.23. The van der Waals surface area contributed by atoms with E-state index in [0.717, 1.165) is 44.9 Å². The predicted molar refractivity (Wildman–Crippen MR) is 70.1 cm³/mol. The largest absolute Gasteiger partial charge is 0.419 e. The Balaban J connectivity index is 1.82. The van der Waals surface area contributed by atoms with Crippen LogP contribution in [-0.4, -0.2) is 48.6 Å².